The highest BCUT2D eigenvalue weighted by atomic mass is 31.0. The number of aliphatic hydroxyl groups is 1. The predicted octanol–water partition coefficient (Wildman–Crippen LogP) is 1.48. The van der Waals surface area contributed by atoms with Gasteiger partial charge in [-0.05, 0) is 55.0 Å². The van der Waals surface area contributed by atoms with Gasteiger partial charge in [0.1, 0.15) is 5.76 Å². The van der Waals surface area contributed by atoms with Crippen LogP contribution in [0.2, 0.25) is 0 Å². The predicted molar refractivity (Wildman–Crippen MR) is 105 cm³/mol. The van der Waals surface area contributed by atoms with Gasteiger partial charge in [0.25, 0.3) is 0 Å². The highest BCUT2D eigenvalue weighted by molar-refractivity contribution is 7.28. The van der Waals surface area contributed by atoms with Crippen molar-refractivity contribution in [2.45, 2.75) is 19.4 Å². The van der Waals surface area contributed by atoms with Gasteiger partial charge < -0.3 is 21.1 Å². The van der Waals surface area contributed by atoms with Crippen molar-refractivity contribution in [3.8, 4) is 0 Å². The van der Waals surface area contributed by atoms with Crippen LogP contribution in [0.1, 0.15) is 18.4 Å². The van der Waals surface area contributed by atoms with E-state index in [1.165, 1.54) is 25.9 Å². The lowest BCUT2D eigenvalue weighted by atomic mass is 10.2. The molecule has 1 atom stereocenters. The van der Waals surface area contributed by atoms with E-state index in [1.807, 2.05) is 12.1 Å². The van der Waals surface area contributed by atoms with Gasteiger partial charge in [0.05, 0.1) is 16.7 Å². The number of fused-ring (bicyclic) bond motifs is 1. The highest BCUT2D eigenvalue weighted by Gasteiger charge is 2.08. The van der Waals surface area contributed by atoms with Gasteiger partial charge in [-0.25, -0.2) is 0 Å². The molecule has 6 nitrogen and oxygen atoms in total. The second-order valence-electron chi connectivity index (χ2n) is 5.98. The molecule has 2 aliphatic rings. The summed E-state index contributed by atoms with van der Waals surface area (Å²) in [6.45, 7) is 3.76. The number of hydrogen-bond acceptors (Lipinski definition) is 6. The van der Waals surface area contributed by atoms with E-state index in [0.717, 1.165) is 21.9 Å². The number of nitrogens with zero attached hydrogens (tertiary/aromatic N) is 2. The summed E-state index contributed by atoms with van der Waals surface area (Å²) in [7, 11) is 2.69. The number of hydrogen-bond donors (Lipinski definition) is 4. The van der Waals surface area contributed by atoms with Gasteiger partial charge in [0, 0.05) is 31.7 Å². The van der Waals surface area contributed by atoms with Crippen molar-refractivity contribution in [1.82, 2.24) is 25.9 Å². The van der Waals surface area contributed by atoms with Gasteiger partial charge in [0.2, 0.25) is 0 Å². The highest BCUT2D eigenvalue weighted by Crippen LogP contribution is 2.13. The zero-order valence-electron chi connectivity index (χ0n) is 14.1. The molecule has 4 rings (SSSR count). The maximum Gasteiger partial charge on any atom is 0.137 e. The summed E-state index contributed by atoms with van der Waals surface area (Å²) in [6.07, 6.45) is 9.66. The molecule has 1 aromatic carbocycles. The number of dihydropyridines is 1. The molecule has 0 saturated carbocycles. The maximum absolute atomic E-state index is 9.74. The molecule has 7 heteroatoms. The van der Waals surface area contributed by atoms with E-state index in [-0.39, 0.29) is 5.76 Å². The quantitative estimate of drug-likeness (QED) is 0.623. The Hall–Kier alpha value is -2.17. The molecule has 2 aliphatic heterocycles. The number of aliphatic hydroxyl groups excluding tert-OH is 1. The number of nitrogens with one attached hydrogen (secondary N) is 3. The summed E-state index contributed by atoms with van der Waals surface area (Å²) in [5, 5.41) is 20.2. The minimum absolute atomic E-state index is 0.274. The van der Waals surface area contributed by atoms with E-state index in [4.69, 9.17) is 0 Å². The molecule has 0 aliphatic carbocycles. The summed E-state index contributed by atoms with van der Waals surface area (Å²) in [5.74, 6) is 0.274. The van der Waals surface area contributed by atoms with E-state index in [2.05, 4.69) is 35.2 Å². The first kappa shape index (κ1) is 17.6. The first-order valence-corrected chi connectivity index (χ1v) is 9.08. The van der Waals surface area contributed by atoms with Crippen LogP contribution in [0.5, 0.6) is 0 Å². The molecule has 4 N–H and O–H groups in total. The zero-order chi connectivity index (χ0) is 17.5. The van der Waals surface area contributed by atoms with Gasteiger partial charge in [-0.3, -0.25) is 9.97 Å². The van der Waals surface area contributed by atoms with Crippen LogP contribution >= 0.6 is 9.24 Å². The number of benzene rings is 1. The Kier molecular flexibility index (Phi) is 6.20. The fraction of sp³-hybridized carbons (Fsp3) is 0.333. The maximum atomic E-state index is 9.74. The average Bonchev–Trinajstić information content (AvgIpc) is 3.21. The lowest BCUT2D eigenvalue weighted by Crippen LogP contribution is -2.22. The molecule has 25 heavy (non-hydrogen) atoms. The van der Waals surface area contributed by atoms with Crippen LogP contribution in [-0.4, -0.2) is 34.7 Å². The van der Waals surface area contributed by atoms with Crippen LogP contribution in [0, 0.1) is 0 Å². The van der Waals surface area contributed by atoms with E-state index in [9.17, 15) is 5.11 Å². The molecule has 132 valence electrons. The van der Waals surface area contributed by atoms with Crippen LogP contribution in [-0.2, 0) is 6.54 Å². The Morgan fingerprint density at radius 1 is 1.16 bits per heavy atom. The Bertz CT molecular complexity index is 779. The SMILES string of the molecule is C1CCNC1.OC1=CCNC=C1NCc1cc(P)c2nccnc2c1. The zero-order valence-corrected chi connectivity index (χ0v) is 15.3. The monoisotopic (exact) mass is 357 g/mol. The van der Waals surface area contributed by atoms with Crippen LogP contribution in [0.4, 0.5) is 0 Å². The Morgan fingerprint density at radius 3 is 2.68 bits per heavy atom. The second-order valence-corrected chi connectivity index (χ2v) is 6.60. The third-order valence-electron chi connectivity index (χ3n) is 4.04. The summed E-state index contributed by atoms with van der Waals surface area (Å²) in [5.41, 5.74) is 3.54. The molecule has 0 spiro atoms. The smallest absolute Gasteiger partial charge is 0.137 e. The third kappa shape index (κ3) is 4.91. The Labute approximate surface area is 150 Å². The van der Waals surface area contributed by atoms with E-state index in [0.29, 0.717) is 18.8 Å². The van der Waals surface area contributed by atoms with Crippen LogP contribution in [0.3, 0.4) is 0 Å². The summed E-state index contributed by atoms with van der Waals surface area (Å²) >= 11 is 0. The Balaban J connectivity index is 0.000000314. The normalized spacial score (nSPS) is 16.4. The molecule has 1 saturated heterocycles. The van der Waals surface area contributed by atoms with Crippen LogP contribution < -0.4 is 21.3 Å². The van der Waals surface area contributed by atoms with Crippen molar-refractivity contribution in [2.75, 3.05) is 19.6 Å². The first-order valence-electron chi connectivity index (χ1n) is 8.51. The molecule has 1 unspecified atom stereocenters. The molecule has 0 radical (unpaired) electrons. The Morgan fingerprint density at radius 2 is 1.96 bits per heavy atom. The minimum Gasteiger partial charge on any atom is -0.506 e. The molecule has 1 fully saturated rings. The summed E-state index contributed by atoms with van der Waals surface area (Å²) in [4.78, 5) is 8.63. The standard InChI is InChI=1S/C14H15N4OP.C4H9N/c19-12-1-2-15-8-11(12)18-7-9-5-10-14(13(20)6-9)17-4-3-16-10;1-2-4-5-3-1/h1,3-6,8,15,18-19H,2,7,20H2;5H,1-4H2. The fourth-order valence-corrected chi connectivity index (χ4v) is 3.17. The number of aromatic nitrogens is 2. The molecule has 1 aromatic heterocycles. The van der Waals surface area contributed by atoms with Gasteiger partial charge in [-0.15, -0.1) is 9.24 Å². The van der Waals surface area contributed by atoms with Gasteiger partial charge in [0.15, 0.2) is 0 Å². The van der Waals surface area contributed by atoms with Gasteiger partial charge in [-0.2, -0.15) is 0 Å². The van der Waals surface area contributed by atoms with Crippen molar-refractivity contribution >= 4 is 25.6 Å². The molecule has 0 bridgehead atoms. The first-order chi connectivity index (χ1) is 12.2. The molecule has 3 heterocycles. The lowest BCUT2D eigenvalue weighted by Gasteiger charge is -2.15. The molecular formula is C18H24N5OP. The summed E-state index contributed by atoms with van der Waals surface area (Å²) < 4.78 is 0. The second kappa shape index (κ2) is 8.79. The fourth-order valence-electron chi connectivity index (χ4n) is 2.73. The minimum atomic E-state index is 0.274. The lowest BCUT2D eigenvalue weighted by molar-refractivity contribution is 0.406. The molecule has 2 aromatic rings. The van der Waals surface area contributed by atoms with Crippen molar-refractivity contribution in [1.29, 1.82) is 0 Å². The third-order valence-corrected chi connectivity index (χ3v) is 4.48. The van der Waals surface area contributed by atoms with Gasteiger partial charge in [-0.1, -0.05) is 0 Å². The van der Waals surface area contributed by atoms with Gasteiger partial charge >= 0.3 is 0 Å². The van der Waals surface area contributed by atoms with Crippen molar-refractivity contribution in [2.24, 2.45) is 0 Å². The molecular weight excluding hydrogens is 333 g/mol. The van der Waals surface area contributed by atoms with E-state index >= 15 is 0 Å². The summed E-state index contributed by atoms with van der Waals surface area (Å²) in [6, 6.07) is 4.05. The van der Waals surface area contributed by atoms with Crippen molar-refractivity contribution in [3.05, 3.63) is 53.8 Å². The van der Waals surface area contributed by atoms with Crippen LogP contribution in [0.25, 0.3) is 11.0 Å². The largest absolute Gasteiger partial charge is 0.506 e. The van der Waals surface area contributed by atoms with Crippen molar-refractivity contribution in [3.63, 3.8) is 0 Å². The van der Waals surface area contributed by atoms with E-state index < -0.39 is 0 Å². The number of rotatable bonds is 3. The molecule has 0 amide bonds. The average molecular weight is 357 g/mol. The topological polar surface area (TPSA) is 82.1 Å². The van der Waals surface area contributed by atoms with Crippen LogP contribution in [0.15, 0.2) is 48.3 Å². The van der Waals surface area contributed by atoms with Crippen molar-refractivity contribution < 1.29 is 5.11 Å². The van der Waals surface area contributed by atoms with E-state index in [1.54, 1.807) is 24.7 Å².